The molecule has 1 aliphatic rings. The molecule has 28 heavy (non-hydrogen) atoms. The van der Waals surface area contributed by atoms with Crippen LogP contribution >= 0.6 is 0 Å². The summed E-state index contributed by atoms with van der Waals surface area (Å²) in [6, 6.07) is 14.9. The quantitative estimate of drug-likeness (QED) is 0.689. The second-order valence-corrected chi connectivity index (χ2v) is 6.45. The van der Waals surface area contributed by atoms with Crippen molar-refractivity contribution in [3.05, 3.63) is 61.2 Å². The molecule has 0 atom stereocenters. The summed E-state index contributed by atoms with van der Waals surface area (Å²) in [6.07, 6.45) is 4.55. The number of carbonyl (C=O) groups excluding carboxylic acids is 2. The van der Waals surface area contributed by atoms with Gasteiger partial charge in [-0.25, -0.2) is 9.67 Å². The van der Waals surface area contributed by atoms with E-state index in [0.29, 0.717) is 12.1 Å². The minimum atomic E-state index is -0.168. The Morgan fingerprint density at radius 2 is 1.93 bits per heavy atom. The van der Waals surface area contributed by atoms with Crippen LogP contribution in [0, 0.1) is 0 Å². The Balaban J connectivity index is 1.36. The second kappa shape index (κ2) is 7.91. The fourth-order valence-electron chi connectivity index (χ4n) is 3.18. The van der Waals surface area contributed by atoms with Gasteiger partial charge in [0, 0.05) is 24.3 Å². The lowest BCUT2D eigenvalue weighted by atomic mass is 10.2. The van der Waals surface area contributed by atoms with Gasteiger partial charge in [-0.1, -0.05) is 12.1 Å². The van der Waals surface area contributed by atoms with Crippen LogP contribution in [0.1, 0.15) is 12.8 Å². The first-order valence-electron chi connectivity index (χ1n) is 9.09. The average molecular weight is 376 g/mol. The molecule has 1 aliphatic heterocycles. The number of nitrogens with one attached hydrogen (secondary N) is 2. The van der Waals surface area contributed by atoms with Gasteiger partial charge in [-0.2, -0.15) is 5.10 Å². The van der Waals surface area contributed by atoms with Crippen LogP contribution in [0.25, 0.3) is 5.69 Å². The Hall–Kier alpha value is -3.68. The molecule has 4 rings (SSSR count). The molecule has 1 fully saturated rings. The lowest BCUT2D eigenvalue weighted by Crippen LogP contribution is -2.24. The standard InChI is InChI=1S/C20H20N6O2/c27-19(12-22-17-4-1-2-5-18(17)26-14-21-13-23-26)24-15-7-9-16(10-8-15)25-11-3-6-20(25)28/h1-2,4-5,7-10,13-14,22H,3,6,11-12H2,(H,24,27). The Kier molecular flexibility index (Phi) is 5.01. The highest BCUT2D eigenvalue weighted by Gasteiger charge is 2.21. The van der Waals surface area contributed by atoms with Crippen LogP contribution in [-0.2, 0) is 9.59 Å². The zero-order valence-electron chi connectivity index (χ0n) is 15.2. The van der Waals surface area contributed by atoms with Crippen molar-refractivity contribution >= 4 is 28.9 Å². The van der Waals surface area contributed by atoms with E-state index in [0.717, 1.165) is 30.0 Å². The Morgan fingerprint density at radius 3 is 2.64 bits per heavy atom. The summed E-state index contributed by atoms with van der Waals surface area (Å²) < 4.78 is 1.64. The zero-order valence-corrected chi connectivity index (χ0v) is 15.2. The Morgan fingerprint density at radius 1 is 1.11 bits per heavy atom. The molecule has 142 valence electrons. The molecule has 0 radical (unpaired) electrons. The summed E-state index contributed by atoms with van der Waals surface area (Å²) in [5.74, 6) is -0.0228. The summed E-state index contributed by atoms with van der Waals surface area (Å²) in [5, 5.41) is 10.1. The van der Waals surface area contributed by atoms with Crippen molar-refractivity contribution in [1.29, 1.82) is 0 Å². The molecule has 8 nitrogen and oxygen atoms in total. The molecular formula is C20H20N6O2. The molecular weight excluding hydrogens is 356 g/mol. The lowest BCUT2D eigenvalue weighted by Gasteiger charge is -2.16. The van der Waals surface area contributed by atoms with Crippen LogP contribution in [-0.4, -0.2) is 39.7 Å². The van der Waals surface area contributed by atoms with Crippen molar-refractivity contribution in [3.8, 4) is 5.69 Å². The van der Waals surface area contributed by atoms with Crippen LogP contribution in [0.15, 0.2) is 61.2 Å². The number of para-hydroxylation sites is 2. The van der Waals surface area contributed by atoms with Crippen molar-refractivity contribution in [3.63, 3.8) is 0 Å². The van der Waals surface area contributed by atoms with Crippen molar-refractivity contribution < 1.29 is 9.59 Å². The van der Waals surface area contributed by atoms with Crippen molar-refractivity contribution in [2.24, 2.45) is 0 Å². The average Bonchev–Trinajstić information content (AvgIpc) is 3.39. The molecule has 2 amide bonds. The number of anilines is 3. The predicted molar refractivity (Wildman–Crippen MR) is 107 cm³/mol. The molecule has 0 aliphatic carbocycles. The van der Waals surface area contributed by atoms with Gasteiger partial charge in [-0.15, -0.1) is 0 Å². The molecule has 2 aromatic carbocycles. The van der Waals surface area contributed by atoms with Gasteiger partial charge in [0.25, 0.3) is 0 Å². The van der Waals surface area contributed by atoms with Gasteiger partial charge in [-0.3, -0.25) is 9.59 Å². The minimum absolute atomic E-state index is 0.109. The van der Waals surface area contributed by atoms with E-state index >= 15 is 0 Å². The topological polar surface area (TPSA) is 92.2 Å². The molecule has 2 heterocycles. The summed E-state index contributed by atoms with van der Waals surface area (Å²) in [7, 11) is 0. The summed E-state index contributed by atoms with van der Waals surface area (Å²) in [6.45, 7) is 0.859. The largest absolute Gasteiger partial charge is 0.374 e. The normalized spacial score (nSPS) is 13.6. The fourth-order valence-corrected chi connectivity index (χ4v) is 3.18. The summed E-state index contributed by atoms with van der Waals surface area (Å²) in [5.41, 5.74) is 3.14. The highest BCUT2D eigenvalue weighted by atomic mass is 16.2. The van der Waals surface area contributed by atoms with E-state index in [9.17, 15) is 9.59 Å². The third-order valence-corrected chi connectivity index (χ3v) is 4.55. The maximum atomic E-state index is 12.3. The van der Waals surface area contributed by atoms with Crippen LogP contribution in [0.2, 0.25) is 0 Å². The van der Waals surface area contributed by atoms with E-state index in [2.05, 4.69) is 20.7 Å². The molecule has 0 bridgehead atoms. The smallest absolute Gasteiger partial charge is 0.243 e. The Labute approximate surface area is 162 Å². The van der Waals surface area contributed by atoms with Crippen LogP contribution in [0.4, 0.5) is 17.1 Å². The fraction of sp³-hybridized carbons (Fsp3) is 0.200. The van der Waals surface area contributed by atoms with E-state index in [1.165, 1.54) is 6.33 Å². The number of benzene rings is 2. The van der Waals surface area contributed by atoms with E-state index < -0.39 is 0 Å². The first-order valence-corrected chi connectivity index (χ1v) is 9.09. The van der Waals surface area contributed by atoms with Gasteiger partial charge in [0.1, 0.15) is 12.7 Å². The van der Waals surface area contributed by atoms with Crippen molar-refractivity contribution in [2.45, 2.75) is 12.8 Å². The SMILES string of the molecule is O=C(CNc1ccccc1-n1cncn1)Nc1ccc(N2CCCC2=O)cc1. The van der Waals surface area contributed by atoms with E-state index in [1.54, 1.807) is 15.9 Å². The number of rotatable bonds is 6. The summed E-state index contributed by atoms with van der Waals surface area (Å²) >= 11 is 0. The van der Waals surface area contributed by atoms with E-state index in [1.807, 2.05) is 48.5 Å². The molecule has 2 N–H and O–H groups in total. The van der Waals surface area contributed by atoms with Gasteiger partial charge >= 0.3 is 0 Å². The number of hydrogen-bond acceptors (Lipinski definition) is 5. The number of carbonyl (C=O) groups is 2. The highest BCUT2D eigenvalue weighted by molar-refractivity contribution is 5.96. The molecule has 8 heteroatoms. The van der Waals surface area contributed by atoms with Gasteiger partial charge < -0.3 is 15.5 Å². The van der Waals surface area contributed by atoms with E-state index in [4.69, 9.17) is 0 Å². The van der Waals surface area contributed by atoms with Gasteiger partial charge in [0.2, 0.25) is 11.8 Å². The number of nitrogens with zero attached hydrogens (tertiary/aromatic N) is 4. The minimum Gasteiger partial charge on any atom is -0.374 e. The lowest BCUT2D eigenvalue weighted by molar-refractivity contribution is -0.117. The third-order valence-electron chi connectivity index (χ3n) is 4.55. The number of amides is 2. The number of hydrogen-bond donors (Lipinski definition) is 2. The first kappa shape index (κ1) is 17.7. The molecule has 0 unspecified atom stereocenters. The van der Waals surface area contributed by atoms with Gasteiger partial charge in [0.05, 0.1) is 17.9 Å². The van der Waals surface area contributed by atoms with Gasteiger partial charge in [-0.05, 0) is 42.8 Å². The maximum Gasteiger partial charge on any atom is 0.243 e. The highest BCUT2D eigenvalue weighted by Crippen LogP contribution is 2.23. The third kappa shape index (κ3) is 3.85. The number of aromatic nitrogens is 3. The van der Waals surface area contributed by atoms with Crippen LogP contribution < -0.4 is 15.5 Å². The molecule has 1 saturated heterocycles. The van der Waals surface area contributed by atoms with E-state index in [-0.39, 0.29) is 18.4 Å². The zero-order chi connectivity index (χ0) is 19.3. The second-order valence-electron chi connectivity index (χ2n) is 6.45. The monoisotopic (exact) mass is 376 g/mol. The molecule has 1 aromatic heterocycles. The van der Waals surface area contributed by atoms with Crippen LogP contribution in [0.5, 0.6) is 0 Å². The molecule has 3 aromatic rings. The molecule has 0 spiro atoms. The van der Waals surface area contributed by atoms with Gasteiger partial charge in [0.15, 0.2) is 0 Å². The summed E-state index contributed by atoms with van der Waals surface area (Å²) in [4.78, 5) is 29.8. The first-order chi connectivity index (χ1) is 13.7. The maximum absolute atomic E-state index is 12.3. The Bertz CT molecular complexity index is 969. The van der Waals surface area contributed by atoms with Crippen molar-refractivity contribution in [2.75, 3.05) is 28.6 Å². The molecule has 0 saturated carbocycles. The predicted octanol–water partition coefficient (Wildman–Crippen LogP) is 2.44. The van der Waals surface area contributed by atoms with Crippen molar-refractivity contribution in [1.82, 2.24) is 14.8 Å². The van der Waals surface area contributed by atoms with Crippen LogP contribution in [0.3, 0.4) is 0 Å².